The Balaban J connectivity index is 1.58. The van der Waals surface area contributed by atoms with Gasteiger partial charge in [0, 0.05) is 38.8 Å². The van der Waals surface area contributed by atoms with Crippen LogP contribution >= 0.6 is 18.9 Å². The number of aromatic carboxylic acids is 1. The van der Waals surface area contributed by atoms with E-state index in [1.807, 2.05) is 26.8 Å². The Morgan fingerprint density at radius 1 is 1.22 bits per heavy atom. The Hall–Kier alpha value is -2.11. The summed E-state index contributed by atoms with van der Waals surface area (Å²) in [6.45, 7) is 9.98. The lowest BCUT2D eigenvalue weighted by molar-refractivity contribution is 0.0702. The molecule has 2 aromatic heterocycles. The van der Waals surface area contributed by atoms with Gasteiger partial charge in [0.1, 0.15) is 22.3 Å². The minimum absolute atomic E-state index is 0.160. The average molecular weight is 485 g/mol. The molecule has 13 heteroatoms. The molecule has 0 aliphatic carbocycles. The maximum absolute atomic E-state index is 12.7. The Morgan fingerprint density at radius 3 is 2.50 bits per heavy atom. The lowest BCUT2D eigenvalue weighted by atomic mass is 10.3. The van der Waals surface area contributed by atoms with Crippen LogP contribution in [0.1, 0.15) is 29.3 Å². The molecule has 0 bridgehead atoms. The average Bonchev–Trinajstić information content (AvgIpc) is 3.21. The van der Waals surface area contributed by atoms with Crippen LogP contribution in [-0.4, -0.2) is 83.0 Å². The van der Waals surface area contributed by atoms with Crippen LogP contribution in [0.2, 0.25) is 0 Å². The Kier molecular flexibility index (Phi) is 8.55. The van der Waals surface area contributed by atoms with Crippen LogP contribution < -0.4 is 10.2 Å². The van der Waals surface area contributed by atoms with Gasteiger partial charge in [-0.1, -0.05) is 11.3 Å². The van der Waals surface area contributed by atoms with Crippen LogP contribution in [0, 0.1) is 6.92 Å². The minimum atomic E-state index is -3.04. The summed E-state index contributed by atoms with van der Waals surface area (Å²) in [5.74, 6) is 0.961. The lowest BCUT2D eigenvalue weighted by Crippen LogP contribution is -2.47. The molecule has 0 amide bonds. The van der Waals surface area contributed by atoms with E-state index in [1.54, 1.807) is 0 Å². The predicted molar refractivity (Wildman–Crippen MR) is 124 cm³/mol. The van der Waals surface area contributed by atoms with Crippen LogP contribution in [0.15, 0.2) is 12.3 Å². The number of nitrogens with one attached hydrogen (secondary N) is 1. The molecule has 32 heavy (non-hydrogen) atoms. The zero-order valence-corrected chi connectivity index (χ0v) is 20.2. The molecule has 11 nitrogen and oxygen atoms in total. The molecule has 0 spiro atoms. The van der Waals surface area contributed by atoms with Crippen LogP contribution in [0.4, 0.5) is 16.8 Å². The molecule has 1 aliphatic rings. The summed E-state index contributed by atoms with van der Waals surface area (Å²) in [4.78, 5) is 28.7. The van der Waals surface area contributed by atoms with Crippen molar-refractivity contribution in [1.82, 2.24) is 19.9 Å². The quantitative estimate of drug-likeness (QED) is 0.456. The van der Waals surface area contributed by atoms with Gasteiger partial charge in [0.25, 0.3) is 0 Å². The Morgan fingerprint density at radius 2 is 1.91 bits per heavy atom. The second-order valence-corrected chi connectivity index (χ2v) is 10.3. The monoisotopic (exact) mass is 484 g/mol. The normalized spacial score (nSPS) is 15.2. The highest BCUT2D eigenvalue weighted by molar-refractivity contribution is 7.53. The third kappa shape index (κ3) is 6.69. The first-order valence-corrected chi connectivity index (χ1v) is 13.0. The maximum Gasteiger partial charge on any atom is 0.347 e. The van der Waals surface area contributed by atoms with Gasteiger partial charge in [0.05, 0.1) is 25.6 Å². The van der Waals surface area contributed by atoms with E-state index in [0.717, 1.165) is 43.3 Å². The Labute approximate surface area is 191 Å². The van der Waals surface area contributed by atoms with E-state index in [9.17, 15) is 9.36 Å². The van der Waals surface area contributed by atoms with Crippen molar-refractivity contribution >= 4 is 41.7 Å². The molecule has 1 fully saturated rings. The number of carbonyl (C=O) groups is 1. The molecule has 0 saturated carbocycles. The molecular weight excluding hydrogens is 455 g/mol. The lowest BCUT2D eigenvalue weighted by Gasteiger charge is -2.35. The number of aromatic nitrogens is 3. The molecule has 2 aromatic rings. The van der Waals surface area contributed by atoms with Crippen LogP contribution in [0.5, 0.6) is 0 Å². The SMILES string of the molecule is CCOP(=O)(CCN1CCN(c2cc(Nc3ncc(C(=O)O)s3)nc(C)n2)CC1)OCC. The van der Waals surface area contributed by atoms with Gasteiger partial charge >= 0.3 is 13.6 Å². The molecule has 1 aliphatic heterocycles. The number of rotatable bonds is 11. The van der Waals surface area contributed by atoms with E-state index in [4.69, 9.17) is 14.2 Å². The third-order valence-corrected chi connectivity index (χ3v) is 7.77. The fourth-order valence-corrected chi connectivity index (χ4v) is 5.65. The fourth-order valence-electron chi connectivity index (χ4n) is 3.34. The van der Waals surface area contributed by atoms with Crippen LogP contribution in [-0.2, 0) is 13.6 Å². The van der Waals surface area contributed by atoms with Crippen molar-refractivity contribution in [2.75, 3.05) is 62.3 Å². The Bertz CT molecular complexity index is 955. The summed E-state index contributed by atoms with van der Waals surface area (Å²) in [6, 6.07) is 1.84. The molecule has 2 N–H and O–H groups in total. The first kappa shape index (κ1) is 24.5. The van der Waals surface area contributed by atoms with Crippen molar-refractivity contribution < 1.29 is 23.5 Å². The van der Waals surface area contributed by atoms with Crippen molar-refractivity contribution in [3.63, 3.8) is 0 Å². The zero-order valence-electron chi connectivity index (χ0n) is 18.5. The number of anilines is 3. The number of hydrogen-bond donors (Lipinski definition) is 2. The van der Waals surface area contributed by atoms with Crippen LogP contribution in [0.3, 0.4) is 0 Å². The van der Waals surface area contributed by atoms with Gasteiger partial charge in [0.2, 0.25) is 0 Å². The number of nitrogens with zero attached hydrogens (tertiary/aromatic N) is 5. The highest BCUT2D eigenvalue weighted by atomic mass is 32.1. The number of piperazine rings is 1. The second-order valence-electron chi connectivity index (χ2n) is 7.12. The van der Waals surface area contributed by atoms with Crippen molar-refractivity contribution in [3.8, 4) is 0 Å². The van der Waals surface area contributed by atoms with Crippen molar-refractivity contribution in [3.05, 3.63) is 23.0 Å². The fraction of sp³-hybridized carbons (Fsp3) is 0.579. The minimum Gasteiger partial charge on any atom is -0.477 e. The number of carboxylic acids is 1. The van der Waals surface area contributed by atoms with E-state index < -0.39 is 13.6 Å². The van der Waals surface area contributed by atoms with E-state index in [0.29, 0.717) is 42.7 Å². The number of carboxylic acid groups (broad SMARTS) is 1. The first-order chi connectivity index (χ1) is 15.3. The van der Waals surface area contributed by atoms with Gasteiger partial charge in [-0.15, -0.1) is 0 Å². The van der Waals surface area contributed by atoms with Crippen molar-refractivity contribution in [2.24, 2.45) is 0 Å². The predicted octanol–water partition coefficient (Wildman–Crippen LogP) is 3.07. The van der Waals surface area contributed by atoms with Gasteiger partial charge in [-0.05, 0) is 20.8 Å². The van der Waals surface area contributed by atoms with E-state index in [-0.39, 0.29) is 4.88 Å². The highest BCUT2D eigenvalue weighted by Gasteiger charge is 2.26. The molecule has 3 heterocycles. The molecule has 3 rings (SSSR count). The van der Waals surface area contributed by atoms with Crippen molar-refractivity contribution in [2.45, 2.75) is 20.8 Å². The summed E-state index contributed by atoms with van der Waals surface area (Å²) in [6.07, 6.45) is 1.70. The third-order valence-electron chi connectivity index (χ3n) is 4.81. The smallest absolute Gasteiger partial charge is 0.347 e. The maximum atomic E-state index is 12.7. The second kappa shape index (κ2) is 11.2. The van der Waals surface area contributed by atoms with Crippen molar-refractivity contribution in [1.29, 1.82) is 0 Å². The zero-order chi connectivity index (χ0) is 23.1. The van der Waals surface area contributed by atoms with E-state index in [1.165, 1.54) is 6.20 Å². The van der Waals surface area contributed by atoms with Crippen LogP contribution in [0.25, 0.3) is 0 Å². The topological polar surface area (TPSA) is 130 Å². The molecule has 0 unspecified atom stereocenters. The number of thiazole rings is 1. The highest BCUT2D eigenvalue weighted by Crippen LogP contribution is 2.47. The molecule has 176 valence electrons. The summed E-state index contributed by atoms with van der Waals surface area (Å²) in [5, 5.41) is 12.6. The first-order valence-electron chi connectivity index (χ1n) is 10.5. The van der Waals surface area contributed by atoms with Gasteiger partial charge in [0.15, 0.2) is 5.13 Å². The summed E-state index contributed by atoms with van der Waals surface area (Å²) in [5.41, 5.74) is 0. The van der Waals surface area contributed by atoms with Gasteiger partial charge in [-0.3, -0.25) is 9.46 Å². The number of hydrogen-bond acceptors (Lipinski definition) is 11. The molecule has 1 saturated heterocycles. The molecule has 0 aromatic carbocycles. The van der Waals surface area contributed by atoms with E-state index >= 15 is 0 Å². The summed E-state index contributed by atoms with van der Waals surface area (Å²) < 4.78 is 23.4. The van der Waals surface area contributed by atoms with Gasteiger partial charge < -0.3 is 24.4 Å². The van der Waals surface area contributed by atoms with Gasteiger partial charge in [-0.25, -0.2) is 19.7 Å². The molecule has 0 atom stereocenters. The summed E-state index contributed by atoms with van der Waals surface area (Å²) in [7, 11) is -3.04. The largest absolute Gasteiger partial charge is 0.477 e. The molecular formula is C19H29N6O5PS. The number of aryl methyl sites for hydroxylation is 1. The van der Waals surface area contributed by atoms with Gasteiger partial charge in [-0.2, -0.15) is 0 Å². The molecule has 0 radical (unpaired) electrons. The summed E-state index contributed by atoms with van der Waals surface area (Å²) >= 11 is 1.05. The standard InChI is InChI=1S/C19H29N6O5PS/c1-4-29-31(28,30-5-2)11-10-24-6-8-25(9-7-24)17-12-16(21-14(3)22-17)23-19-20-13-15(32-19)18(26)27/h12-13H,4-11H2,1-3H3,(H,26,27)(H,20,21,22,23). The van der Waals surface area contributed by atoms with E-state index in [2.05, 4.69) is 30.1 Å².